The summed E-state index contributed by atoms with van der Waals surface area (Å²) < 4.78 is 0. The predicted octanol–water partition coefficient (Wildman–Crippen LogP) is 5.47. The lowest BCUT2D eigenvalue weighted by atomic mass is 9.81. The topological polar surface area (TPSA) is 24.9 Å². The quantitative estimate of drug-likeness (QED) is 0.810. The van der Waals surface area contributed by atoms with Crippen LogP contribution in [0, 0.1) is 5.92 Å². The van der Waals surface area contributed by atoms with Gasteiger partial charge in [0.25, 0.3) is 0 Å². The van der Waals surface area contributed by atoms with E-state index in [2.05, 4.69) is 40.6 Å². The van der Waals surface area contributed by atoms with Crippen molar-refractivity contribution in [2.75, 3.05) is 5.32 Å². The first kappa shape index (κ1) is 14.4. The second-order valence-corrected chi connectivity index (χ2v) is 6.19. The normalized spacial score (nSPS) is 17.4. The molecule has 0 aliphatic heterocycles. The minimum Gasteiger partial charge on any atom is -0.376 e. The van der Waals surface area contributed by atoms with Gasteiger partial charge >= 0.3 is 0 Å². The van der Waals surface area contributed by atoms with E-state index in [4.69, 9.17) is 11.6 Å². The van der Waals surface area contributed by atoms with Crippen molar-refractivity contribution in [1.29, 1.82) is 0 Å². The molecule has 3 rings (SSSR count). The summed E-state index contributed by atoms with van der Waals surface area (Å²) in [5.41, 5.74) is 2.27. The van der Waals surface area contributed by atoms with Gasteiger partial charge in [-0.1, -0.05) is 61.2 Å². The second kappa shape index (κ2) is 6.95. The second-order valence-electron chi connectivity index (χ2n) is 5.79. The highest BCUT2D eigenvalue weighted by molar-refractivity contribution is 6.33. The highest BCUT2D eigenvalue weighted by Crippen LogP contribution is 2.37. The number of nitrogens with zero attached hydrogens (tertiary/aromatic N) is 1. The molecule has 0 saturated heterocycles. The Kier molecular flexibility index (Phi) is 4.76. The van der Waals surface area contributed by atoms with Crippen molar-refractivity contribution in [2.45, 2.75) is 38.1 Å². The van der Waals surface area contributed by atoms with E-state index in [0.29, 0.717) is 12.0 Å². The summed E-state index contributed by atoms with van der Waals surface area (Å²) in [4.78, 5) is 4.19. The van der Waals surface area contributed by atoms with Gasteiger partial charge in [0.15, 0.2) is 0 Å². The average Bonchev–Trinajstić information content (AvgIpc) is 2.56. The van der Waals surface area contributed by atoms with Crippen LogP contribution in [-0.2, 0) is 0 Å². The maximum absolute atomic E-state index is 6.29. The number of hydrogen-bond donors (Lipinski definition) is 1. The van der Waals surface area contributed by atoms with Gasteiger partial charge in [-0.25, -0.2) is 0 Å². The molecular weight excluding hydrogens is 280 g/mol. The third-order valence-electron chi connectivity index (χ3n) is 4.36. The minimum atomic E-state index is 0.313. The fourth-order valence-corrected chi connectivity index (χ4v) is 3.41. The maximum Gasteiger partial charge on any atom is 0.0720 e. The van der Waals surface area contributed by atoms with Crippen LogP contribution in [0.4, 0.5) is 5.69 Å². The van der Waals surface area contributed by atoms with Crippen LogP contribution in [0.1, 0.15) is 43.7 Å². The van der Waals surface area contributed by atoms with E-state index in [1.165, 1.54) is 37.7 Å². The zero-order valence-electron chi connectivity index (χ0n) is 12.1. The lowest BCUT2D eigenvalue weighted by molar-refractivity contribution is 0.321. The summed E-state index contributed by atoms with van der Waals surface area (Å²) in [7, 11) is 0. The van der Waals surface area contributed by atoms with Gasteiger partial charge < -0.3 is 5.32 Å². The molecule has 1 aromatic carbocycles. The predicted molar refractivity (Wildman–Crippen MR) is 88.6 cm³/mol. The zero-order valence-corrected chi connectivity index (χ0v) is 12.9. The van der Waals surface area contributed by atoms with Crippen LogP contribution in [0.5, 0.6) is 0 Å². The summed E-state index contributed by atoms with van der Waals surface area (Å²) in [5, 5.41) is 4.38. The molecule has 1 aromatic heterocycles. The van der Waals surface area contributed by atoms with E-state index in [1.54, 1.807) is 6.20 Å². The molecule has 0 spiro atoms. The Balaban J connectivity index is 1.87. The molecule has 110 valence electrons. The van der Waals surface area contributed by atoms with E-state index < -0.39 is 0 Å². The molecule has 2 aromatic rings. The van der Waals surface area contributed by atoms with Gasteiger partial charge in [0.05, 0.1) is 22.9 Å². The molecule has 3 heteroatoms. The van der Waals surface area contributed by atoms with E-state index in [1.807, 2.05) is 12.3 Å². The molecule has 2 nitrogen and oxygen atoms in total. The summed E-state index contributed by atoms with van der Waals surface area (Å²) in [6, 6.07) is 12.8. The molecule has 21 heavy (non-hydrogen) atoms. The standard InChI is InChI=1S/C18H21ClN2/c19-16-11-12-20-13-17(16)21-18(14-7-3-1-4-8-14)15-9-5-2-6-10-15/h1,3-4,7-8,11-13,15,18,21H,2,5-6,9-10H2. The number of anilines is 1. The fourth-order valence-electron chi connectivity index (χ4n) is 3.25. The van der Waals surface area contributed by atoms with Crippen LogP contribution in [0.3, 0.4) is 0 Å². The molecule has 1 aliphatic rings. The van der Waals surface area contributed by atoms with Crippen molar-refractivity contribution >= 4 is 17.3 Å². The molecule has 1 N–H and O–H groups in total. The number of halogens is 1. The van der Waals surface area contributed by atoms with Crippen LogP contribution in [0.25, 0.3) is 0 Å². The van der Waals surface area contributed by atoms with Crippen molar-refractivity contribution in [3.8, 4) is 0 Å². The van der Waals surface area contributed by atoms with E-state index in [-0.39, 0.29) is 0 Å². The summed E-state index contributed by atoms with van der Waals surface area (Å²) in [6.07, 6.45) is 10.1. The molecule has 0 radical (unpaired) electrons. The minimum absolute atomic E-state index is 0.313. The monoisotopic (exact) mass is 300 g/mol. The summed E-state index contributed by atoms with van der Waals surface area (Å²) in [6.45, 7) is 0. The number of pyridine rings is 1. The highest BCUT2D eigenvalue weighted by atomic mass is 35.5. The highest BCUT2D eigenvalue weighted by Gasteiger charge is 2.25. The maximum atomic E-state index is 6.29. The van der Waals surface area contributed by atoms with Gasteiger partial charge in [-0.05, 0) is 30.4 Å². The lowest BCUT2D eigenvalue weighted by Crippen LogP contribution is -2.23. The number of rotatable bonds is 4. The van der Waals surface area contributed by atoms with Gasteiger partial charge in [0.2, 0.25) is 0 Å². The molecule has 1 atom stereocenters. The van der Waals surface area contributed by atoms with Crippen molar-refractivity contribution in [3.63, 3.8) is 0 Å². The first-order valence-corrected chi connectivity index (χ1v) is 8.13. The van der Waals surface area contributed by atoms with Crippen LogP contribution in [-0.4, -0.2) is 4.98 Å². The third kappa shape index (κ3) is 3.56. The Morgan fingerprint density at radius 3 is 2.52 bits per heavy atom. The van der Waals surface area contributed by atoms with Crippen molar-refractivity contribution in [2.24, 2.45) is 5.92 Å². The summed E-state index contributed by atoms with van der Waals surface area (Å²) >= 11 is 6.29. The Bertz CT molecular complexity index is 564. The number of nitrogens with one attached hydrogen (secondary N) is 1. The first-order valence-electron chi connectivity index (χ1n) is 7.75. The molecule has 1 saturated carbocycles. The molecule has 1 heterocycles. The van der Waals surface area contributed by atoms with Crippen LogP contribution in [0.15, 0.2) is 48.8 Å². The number of hydrogen-bond acceptors (Lipinski definition) is 2. The Morgan fingerprint density at radius 2 is 1.81 bits per heavy atom. The van der Waals surface area contributed by atoms with Crippen molar-refractivity contribution in [1.82, 2.24) is 4.98 Å². The smallest absolute Gasteiger partial charge is 0.0720 e. The van der Waals surface area contributed by atoms with E-state index in [0.717, 1.165) is 10.7 Å². The average molecular weight is 301 g/mol. The first-order chi connectivity index (χ1) is 10.3. The molecule has 1 aliphatic carbocycles. The van der Waals surface area contributed by atoms with Crippen molar-refractivity contribution in [3.05, 3.63) is 59.4 Å². The van der Waals surface area contributed by atoms with Crippen LogP contribution < -0.4 is 5.32 Å². The molecular formula is C18H21ClN2. The Labute approximate surface area is 131 Å². The van der Waals surface area contributed by atoms with E-state index in [9.17, 15) is 0 Å². The van der Waals surface area contributed by atoms with Gasteiger partial charge in [-0.3, -0.25) is 4.98 Å². The fraction of sp³-hybridized carbons (Fsp3) is 0.389. The van der Waals surface area contributed by atoms with E-state index >= 15 is 0 Å². The van der Waals surface area contributed by atoms with Crippen molar-refractivity contribution < 1.29 is 0 Å². The number of aromatic nitrogens is 1. The third-order valence-corrected chi connectivity index (χ3v) is 4.69. The largest absolute Gasteiger partial charge is 0.376 e. The van der Waals surface area contributed by atoms with Crippen LogP contribution >= 0.6 is 11.6 Å². The van der Waals surface area contributed by atoms with Gasteiger partial charge in [-0.2, -0.15) is 0 Å². The summed E-state index contributed by atoms with van der Waals surface area (Å²) in [5.74, 6) is 0.664. The lowest BCUT2D eigenvalue weighted by Gasteiger charge is -2.32. The van der Waals surface area contributed by atoms with Crippen LogP contribution in [0.2, 0.25) is 5.02 Å². The Hall–Kier alpha value is -1.54. The SMILES string of the molecule is Clc1ccncc1NC(c1ccccc1)C1CCCCC1. The molecule has 0 bridgehead atoms. The molecule has 1 unspecified atom stereocenters. The van der Waals surface area contributed by atoms with Gasteiger partial charge in [-0.15, -0.1) is 0 Å². The number of benzene rings is 1. The molecule has 0 amide bonds. The molecule has 1 fully saturated rings. The zero-order chi connectivity index (χ0) is 14.5. The van der Waals surface area contributed by atoms with Gasteiger partial charge in [0, 0.05) is 6.20 Å². The van der Waals surface area contributed by atoms with Gasteiger partial charge in [0.1, 0.15) is 0 Å². The Morgan fingerprint density at radius 1 is 1.05 bits per heavy atom.